The highest BCUT2D eigenvalue weighted by molar-refractivity contribution is 9.09. The van der Waals surface area contributed by atoms with E-state index in [1.165, 1.54) is 4.90 Å². The van der Waals surface area contributed by atoms with Crippen LogP contribution in [-0.4, -0.2) is 82.6 Å². The van der Waals surface area contributed by atoms with Crippen LogP contribution in [0.25, 0.3) is 0 Å². The predicted molar refractivity (Wildman–Crippen MR) is 173 cm³/mol. The molecule has 3 unspecified atom stereocenters. The lowest BCUT2D eigenvalue weighted by atomic mass is 9.70. The summed E-state index contributed by atoms with van der Waals surface area (Å²) in [7, 11) is 0. The smallest absolute Gasteiger partial charge is 0.250 e. The Labute approximate surface area is 267 Å². The van der Waals surface area contributed by atoms with Gasteiger partial charge in [0, 0.05) is 35.0 Å². The van der Waals surface area contributed by atoms with E-state index in [-0.39, 0.29) is 29.2 Å². The van der Waals surface area contributed by atoms with Crippen LogP contribution in [0.3, 0.4) is 0 Å². The first-order valence-electron chi connectivity index (χ1n) is 15.5. The Bertz CT molecular complexity index is 1350. The number of benzene rings is 2. The summed E-state index contributed by atoms with van der Waals surface area (Å²) in [5, 5.41) is 16.4. The van der Waals surface area contributed by atoms with Crippen molar-refractivity contribution >= 4 is 50.7 Å². The number of nitrogens with zero attached hydrogens (tertiary/aromatic N) is 2. The van der Waals surface area contributed by atoms with Gasteiger partial charge in [0.25, 0.3) is 0 Å². The summed E-state index contributed by atoms with van der Waals surface area (Å²) in [6, 6.07) is 13.0. The summed E-state index contributed by atoms with van der Waals surface area (Å²) in [5.74, 6) is -2.25. The molecule has 238 valence electrons. The second kappa shape index (κ2) is 13.1. The average Bonchev–Trinajstić information content (AvgIpc) is 3.59. The minimum absolute atomic E-state index is 0.143. The van der Waals surface area contributed by atoms with Crippen LogP contribution in [0.1, 0.15) is 41.0 Å². The van der Waals surface area contributed by atoms with Crippen LogP contribution in [0.2, 0.25) is 0 Å². The zero-order valence-electron chi connectivity index (χ0n) is 26.0. The lowest BCUT2D eigenvalue weighted by Crippen LogP contribution is -2.57. The minimum Gasteiger partial charge on any atom is -0.494 e. The number of likely N-dealkylation sites (tertiary alicyclic amines) is 1. The van der Waals surface area contributed by atoms with Crippen LogP contribution in [0.5, 0.6) is 5.75 Å². The first-order valence-corrected chi connectivity index (χ1v) is 16.5. The summed E-state index contributed by atoms with van der Waals surface area (Å²) < 4.78 is 12.1. The number of halogens is 1. The Balaban J connectivity index is 1.46. The molecule has 0 saturated carbocycles. The summed E-state index contributed by atoms with van der Waals surface area (Å²) >= 11 is 3.71. The summed E-state index contributed by atoms with van der Waals surface area (Å²) in [6.07, 6.45) is -0.212. The molecule has 3 heterocycles. The molecule has 5 rings (SSSR count). The molecular formula is C33H43BrN4O6. The Morgan fingerprint density at radius 2 is 1.64 bits per heavy atom. The van der Waals surface area contributed by atoms with E-state index in [4.69, 9.17) is 9.47 Å². The number of carbonyl (C=O) groups is 3. The second-order valence-electron chi connectivity index (χ2n) is 12.1. The molecular weight excluding hydrogens is 628 g/mol. The van der Waals surface area contributed by atoms with Crippen LogP contribution in [0.4, 0.5) is 17.1 Å². The van der Waals surface area contributed by atoms with Gasteiger partial charge in [-0.1, -0.05) is 29.8 Å². The number of aliphatic hydroxyl groups is 1. The lowest BCUT2D eigenvalue weighted by molar-refractivity contribution is -0.144. The molecule has 10 nitrogen and oxygen atoms in total. The van der Waals surface area contributed by atoms with Crippen molar-refractivity contribution in [2.24, 2.45) is 17.8 Å². The van der Waals surface area contributed by atoms with Crippen molar-refractivity contribution in [2.75, 3.05) is 41.8 Å². The van der Waals surface area contributed by atoms with E-state index in [2.05, 4.69) is 45.3 Å². The molecule has 2 bridgehead atoms. The van der Waals surface area contributed by atoms with Crippen molar-refractivity contribution in [3.8, 4) is 5.75 Å². The number of ether oxygens (including phenoxy) is 2. The molecule has 0 aromatic heterocycles. The summed E-state index contributed by atoms with van der Waals surface area (Å²) in [4.78, 5) is 45.9. The molecule has 7 atom stereocenters. The van der Waals surface area contributed by atoms with Crippen LogP contribution in [0, 0.1) is 17.8 Å². The molecule has 3 saturated heterocycles. The lowest BCUT2D eigenvalue weighted by Gasteiger charge is -2.38. The van der Waals surface area contributed by atoms with Gasteiger partial charge < -0.3 is 35.0 Å². The zero-order valence-corrected chi connectivity index (χ0v) is 27.5. The Morgan fingerprint density at radius 3 is 2.18 bits per heavy atom. The summed E-state index contributed by atoms with van der Waals surface area (Å²) in [6.45, 7) is 11.8. The second-order valence-corrected chi connectivity index (χ2v) is 13.2. The van der Waals surface area contributed by atoms with Gasteiger partial charge in [-0.15, -0.1) is 0 Å². The van der Waals surface area contributed by atoms with Gasteiger partial charge in [-0.05, 0) is 81.6 Å². The molecule has 2 aromatic rings. The largest absolute Gasteiger partial charge is 0.494 e. The third-order valence-electron chi connectivity index (χ3n) is 9.29. The van der Waals surface area contributed by atoms with Gasteiger partial charge in [0.1, 0.15) is 17.4 Å². The molecule has 3 N–H and O–H groups in total. The maximum absolute atomic E-state index is 14.4. The topological polar surface area (TPSA) is 120 Å². The molecule has 1 spiro atoms. The number of hydrogen-bond donors (Lipinski definition) is 3. The van der Waals surface area contributed by atoms with Gasteiger partial charge >= 0.3 is 0 Å². The monoisotopic (exact) mass is 670 g/mol. The number of carbonyl (C=O) groups excluding carboxylic acids is 3. The number of anilines is 3. The Kier molecular flexibility index (Phi) is 9.58. The molecule has 2 aromatic carbocycles. The fourth-order valence-corrected chi connectivity index (χ4v) is 8.17. The average molecular weight is 672 g/mol. The van der Waals surface area contributed by atoms with Gasteiger partial charge in [-0.3, -0.25) is 14.4 Å². The Morgan fingerprint density at radius 1 is 1.05 bits per heavy atom. The number of aliphatic hydroxyl groups excluding tert-OH is 1. The molecule has 3 aliphatic heterocycles. The van der Waals surface area contributed by atoms with Crippen molar-refractivity contribution in [2.45, 2.75) is 69.7 Å². The van der Waals surface area contributed by atoms with Gasteiger partial charge in [0.15, 0.2) is 0 Å². The third-order valence-corrected chi connectivity index (χ3v) is 10.1. The van der Waals surface area contributed by atoms with Gasteiger partial charge in [-0.2, -0.15) is 0 Å². The predicted octanol–water partition coefficient (Wildman–Crippen LogP) is 4.27. The molecule has 3 amide bonds. The third kappa shape index (κ3) is 5.58. The van der Waals surface area contributed by atoms with Crippen molar-refractivity contribution in [1.82, 2.24) is 4.90 Å². The molecule has 0 radical (unpaired) electrons. The molecule has 44 heavy (non-hydrogen) atoms. The first kappa shape index (κ1) is 32.2. The highest BCUT2D eigenvalue weighted by Gasteiger charge is 2.77. The molecule has 3 aliphatic rings. The van der Waals surface area contributed by atoms with Crippen molar-refractivity contribution in [3.63, 3.8) is 0 Å². The normalized spacial score (nSPS) is 27.8. The number of alkyl halides is 1. The van der Waals surface area contributed by atoms with Gasteiger partial charge in [-0.25, -0.2) is 0 Å². The number of hydrogen-bond acceptors (Lipinski definition) is 7. The number of nitrogens with one attached hydrogen (secondary N) is 2. The fraction of sp³-hybridized carbons (Fsp3) is 0.545. The maximum Gasteiger partial charge on any atom is 0.250 e. The quantitative estimate of drug-likeness (QED) is 0.289. The number of rotatable bonds is 12. The van der Waals surface area contributed by atoms with E-state index < -0.39 is 41.5 Å². The molecule has 3 fully saturated rings. The molecule has 0 aliphatic carbocycles. The maximum atomic E-state index is 14.4. The highest BCUT2D eigenvalue weighted by atomic mass is 79.9. The van der Waals surface area contributed by atoms with E-state index in [0.717, 1.165) is 18.8 Å². The number of amides is 3. The van der Waals surface area contributed by atoms with Crippen LogP contribution < -0.4 is 20.3 Å². The van der Waals surface area contributed by atoms with E-state index >= 15 is 0 Å². The van der Waals surface area contributed by atoms with E-state index in [1.54, 1.807) is 24.3 Å². The SMILES string of the molecule is CCOc1ccc(NC(=O)[C@H]2[C@H]3C(=O)N([C@@H](CO)C(C)C)C(C(=O)Nc4ccc(N(CC)CC)cc4)C34CC(Br)[C@@H]2O4)cc1. The fourth-order valence-electron chi connectivity index (χ4n) is 7.23. The van der Waals surface area contributed by atoms with Crippen molar-refractivity contribution in [1.29, 1.82) is 0 Å². The van der Waals surface area contributed by atoms with Crippen molar-refractivity contribution < 1.29 is 29.0 Å². The van der Waals surface area contributed by atoms with Gasteiger partial charge in [0.2, 0.25) is 17.7 Å². The summed E-state index contributed by atoms with van der Waals surface area (Å²) in [5.41, 5.74) is 0.980. The molecule has 11 heteroatoms. The highest BCUT2D eigenvalue weighted by Crippen LogP contribution is 2.60. The van der Waals surface area contributed by atoms with Crippen molar-refractivity contribution in [3.05, 3.63) is 48.5 Å². The van der Waals surface area contributed by atoms with Crippen LogP contribution in [0.15, 0.2) is 48.5 Å². The van der Waals surface area contributed by atoms with Crippen LogP contribution in [-0.2, 0) is 19.1 Å². The Hall–Kier alpha value is -3.15. The van der Waals surface area contributed by atoms with E-state index in [1.807, 2.05) is 45.0 Å². The standard InChI is InChI=1S/C33H43BrN4O6/c1-6-37(7-2)22-13-9-20(10-14-22)36-31(41)29-33-17-24(34)28(44-33)26(27(33)32(42)38(29)25(18-39)19(4)5)30(40)35-21-11-15-23(16-12-21)43-8-3/h9-16,19,24-29,39H,6-8,17-18H2,1-5H3,(H,35,40)(H,36,41)/t24?,25-,26-,27-,28-,29?,33?/m0/s1. The van der Waals surface area contributed by atoms with E-state index in [0.29, 0.717) is 30.2 Å². The number of fused-ring (bicyclic) bond motifs is 1. The van der Waals surface area contributed by atoms with Gasteiger partial charge in [0.05, 0.1) is 37.2 Å². The minimum atomic E-state index is -1.23. The van der Waals surface area contributed by atoms with Crippen LogP contribution >= 0.6 is 15.9 Å². The van der Waals surface area contributed by atoms with E-state index in [9.17, 15) is 19.5 Å². The first-order chi connectivity index (χ1) is 21.1. The zero-order chi connectivity index (χ0) is 31.8.